The molecule has 6 rings (SSSR count). The molecule has 186 valence electrons. The highest BCUT2D eigenvalue weighted by Crippen LogP contribution is 2.50. The molecule has 3 fully saturated rings. The lowest BCUT2D eigenvalue weighted by Crippen LogP contribution is -2.50. The van der Waals surface area contributed by atoms with Gasteiger partial charge in [-0.3, -0.25) is 19.3 Å². The Morgan fingerprint density at radius 3 is 2.64 bits per heavy atom. The van der Waals surface area contributed by atoms with Crippen LogP contribution in [0.25, 0.3) is 5.57 Å². The molecule has 2 amide bonds. The molecule has 4 heterocycles. The van der Waals surface area contributed by atoms with E-state index in [4.69, 9.17) is 9.47 Å². The van der Waals surface area contributed by atoms with Crippen molar-refractivity contribution in [3.8, 4) is 5.75 Å². The average Bonchev–Trinajstić information content (AvgIpc) is 3.57. The Hall–Kier alpha value is -3.45. The summed E-state index contributed by atoms with van der Waals surface area (Å²) in [4.78, 5) is 45.2. The Morgan fingerprint density at radius 1 is 1.08 bits per heavy atom. The van der Waals surface area contributed by atoms with Crippen molar-refractivity contribution in [1.29, 1.82) is 0 Å². The highest BCUT2D eigenvalue weighted by atomic mass is 16.5. The molecule has 36 heavy (non-hydrogen) atoms. The highest BCUT2D eigenvalue weighted by molar-refractivity contribution is 6.14. The summed E-state index contributed by atoms with van der Waals surface area (Å²) in [6, 6.07) is 12.0. The molecule has 4 aliphatic rings. The maximum Gasteiger partial charge on any atom is 0.235 e. The molecule has 0 spiro atoms. The van der Waals surface area contributed by atoms with Gasteiger partial charge in [0.05, 0.1) is 37.6 Å². The summed E-state index contributed by atoms with van der Waals surface area (Å²) < 4.78 is 11.1. The number of Topliss-reactive ketones (excluding diaryl/α,β-unsaturated/α-hetero) is 1. The maximum absolute atomic E-state index is 14.1. The van der Waals surface area contributed by atoms with Crippen LogP contribution in [0.1, 0.15) is 41.3 Å². The summed E-state index contributed by atoms with van der Waals surface area (Å²) in [6.45, 7) is 4.98. The first-order valence-electron chi connectivity index (χ1n) is 12.6. The van der Waals surface area contributed by atoms with Gasteiger partial charge in [-0.1, -0.05) is 29.8 Å². The molecule has 7 nitrogen and oxygen atoms in total. The fourth-order valence-electron chi connectivity index (χ4n) is 6.44. The van der Waals surface area contributed by atoms with Crippen molar-refractivity contribution in [2.75, 3.05) is 25.2 Å². The summed E-state index contributed by atoms with van der Waals surface area (Å²) in [5, 5.41) is 0. The SMILES string of the molecule is COc1cccc(C(=O)[C@@H]2[C@@H]3C(=O)N(C[C@@H]4CCCO4)C(=O)[C@@H]3[C@H]3C=C(C)c4cc(C)ccc4N32)c1. The third-order valence-corrected chi connectivity index (χ3v) is 8.13. The molecule has 3 saturated heterocycles. The van der Waals surface area contributed by atoms with Gasteiger partial charge in [-0.15, -0.1) is 0 Å². The number of amides is 2. The fourth-order valence-corrected chi connectivity index (χ4v) is 6.44. The molecule has 0 aliphatic carbocycles. The van der Waals surface area contributed by atoms with Crippen LogP contribution in [-0.2, 0) is 14.3 Å². The average molecular weight is 487 g/mol. The van der Waals surface area contributed by atoms with E-state index in [9.17, 15) is 14.4 Å². The molecule has 5 atom stereocenters. The number of allylic oxidation sites excluding steroid dienone is 1. The van der Waals surface area contributed by atoms with Crippen LogP contribution in [0, 0.1) is 18.8 Å². The van der Waals surface area contributed by atoms with Crippen molar-refractivity contribution in [2.45, 2.75) is 44.9 Å². The van der Waals surface area contributed by atoms with Crippen molar-refractivity contribution in [3.05, 3.63) is 65.2 Å². The van der Waals surface area contributed by atoms with Gasteiger partial charge in [0, 0.05) is 23.4 Å². The van der Waals surface area contributed by atoms with Gasteiger partial charge < -0.3 is 14.4 Å². The normalized spacial score (nSPS) is 28.6. The molecule has 2 aromatic rings. The van der Waals surface area contributed by atoms with Crippen molar-refractivity contribution in [1.82, 2.24) is 4.90 Å². The number of aryl methyl sites for hydroxylation is 1. The molecule has 7 heteroatoms. The lowest BCUT2D eigenvalue weighted by molar-refractivity contribution is -0.142. The van der Waals surface area contributed by atoms with Crippen LogP contribution in [0.3, 0.4) is 0 Å². The molecular weight excluding hydrogens is 456 g/mol. The number of fused-ring (bicyclic) bond motifs is 5. The van der Waals surface area contributed by atoms with Crippen molar-refractivity contribution in [3.63, 3.8) is 0 Å². The van der Waals surface area contributed by atoms with Gasteiger partial charge in [-0.25, -0.2) is 0 Å². The number of imide groups is 1. The first-order chi connectivity index (χ1) is 17.4. The minimum atomic E-state index is -0.788. The third-order valence-electron chi connectivity index (χ3n) is 8.13. The van der Waals surface area contributed by atoms with E-state index in [1.54, 1.807) is 31.4 Å². The van der Waals surface area contributed by atoms with Crippen molar-refractivity contribution < 1.29 is 23.9 Å². The predicted molar refractivity (Wildman–Crippen MR) is 135 cm³/mol. The molecular formula is C29H30N2O5. The minimum absolute atomic E-state index is 0.132. The van der Waals surface area contributed by atoms with Crippen LogP contribution in [0.15, 0.2) is 48.5 Å². The number of ketones is 1. The van der Waals surface area contributed by atoms with Gasteiger partial charge >= 0.3 is 0 Å². The Bertz CT molecular complexity index is 1290. The second-order valence-corrected chi connectivity index (χ2v) is 10.3. The zero-order valence-electron chi connectivity index (χ0n) is 20.8. The largest absolute Gasteiger partial charge is 0.497 e. The summed E-state index contributed by atoms with van der Waals surface area (Å²) in [6.07, 6.45) is 3.70. The number of hydrogen-bond acceptors (Lipinski definition) is 6. The van der Waals surface area contributed by atoms with Gasteiger partial charge in [0.25, 0.3) is 0 Å². The summed E-state index contributed by atoms with van der Waals surface area (Å²) in [5.74, 6) is -1.43. The number of carbonyl (C=O) groups is 3. The topological polar surface area (TPSA) is 76.1 Å². The molecule has 0 unspecified atom stereocenters. The number of rotatable bonds is 5. The second-order valence-electron chi connectivity index (χ2n) is 10.3. The van der Waals surface area contributed by atoms with E-state index in [1.807, 2.05) is 30.9 Å². The highest BCUT2D eigenvalue weighted by Gasteiger charge is 2.64. The van der Waals surface area contributed by atoms with E-state index < -0.39 is 17.9 Å². The number of carbonyl (C=O) groups excluding carboxylic acids is 3. The first-order valence-corrected chi connectivity index (χ1v) is 12.6. The number of methoxy groups -OCH3 is 1. The van der Waals surface area contributed by atoms with Crippen LogP contribution in [0.4, 0.5) is 5.69 Å². The van der Waals surface area contributed by atoms with Gasteiger partial charge in [0.2, 0.25) is 11.8 Å². The lowest BCUT2D eigenvalue weighted by Gasteiger charge is -2.38. The number of benzene rings is 2. The lowest BCUT2D eigenvalue weighted by atomic mass is 9.85. The standard InChI is InChI=1S/C29H30N2O5/c1-16-9-10-22-21(12-16)17(2)13-23-24-25(29(34)30(28(24)33)15-20-8-5-11-36-20)26(31(22)23)27(32)18-6-4-7-19(14-18)35-3/h4,6-7,9-10,12-14,20,23-26H,5,8,11,15H2,1-3H3/t20-,23+,24+,25+,26-/m0/s1. The van der Waals surface area contributed by atoms with Crippen LogP contribution in [-0.4, -0.2) is 60.9 Å². The third kappa shape index (κ3) is 3.40. The van der Waals surface area contributed by atoms with Crippen molar-refractivity contribution >= 4 is 28.9 Å². The molecule has 0 radical (unpaired) electrons. The summed E-state index contributed by atoms with van der Waals surface area (Å²) >= 11 is 0. The number of likely N-dealkylation sites (tertiary alicyclic amines) is 1. The second kappa shape index (κ2) is 8.59. The van der Waals surface area contributed by atoms with E-state index in [0.29, 0.717) is 17.9 Å². The Labute approximate surface area is 210 Å². The maximum atomic E-state index is 14.1. The zero-order valence-corrected chi connectivity index (χ0v) is 20.8. The first kappa shape index (κ1) is 23.0. The molecule has 2 aromatic carbocycles. The van der Waals surface area contributed by atoms with Gasteiger partial charge in [0.1, 0.15) is 11.8 Å². The summed E-state index contributed by atoms with van der Waals surface area (Å²) in [5.41, 5.74) is 4.57. The van der Waals surface area contributed by atoms with E-state index in [0.717, 1.165) is 35.2 Å². The Morgan fingerprint density at radius 2 is 1.89 bits per heavy atom. The van der Waals surface area contributed by atoms with Crippen LogP contribution < -0.4 is 9.64 Å². The van der Waals surface area contributed by atoms with Gasteiger partial charge in [-0.2, -0.15) is 0 Å². The van der Waals surface area contributed by atoms with Crippen LogP contribution >= 0.6 is 0 Å². The quantitative estimate of drug-likeness (QED) is 0.475. The molecule has 0 bridgehead atoms. The van der Waals surface area contributed by atoms with E-state index >= 15 is 0 Å². The van der Waals surface area contributed by atoms with Gasteiger partial charge in [0.15, 0.2) is 5.78 Å². The monoisotopic (exact) mass is 486 g/mol. The van der Waals surface area contributed by atoms with E-state index in [1.165, 1.54) is 4.90 Å². The molecule has 4 aliphatic heterocycles. The van der Waals surface area contributed by atoms with Crippen molar-refractivity contribution in [2.24, 2.45) is 11.8 Å². The van der Waals surface area contributed by atoms with E-state index in [2.05, 4.69) is 12.1 Å². The van der Waals surface area contributed by atoms with E-state index in [-0.39, 0.29) is 36.3 Å². The number of anilines is 1. The fraction of sp³-hybridized carbons (Fsp3) is 0.414. The Kier molecular flexibility index (Phi) is 5.48. The van der Waals surface area contributed by atoms with Crippen LogP contribution in [0.2, 0.25) is 0 Å². The van der Waals surface area contributed by atoms with Gasteiger partial charge in [-0.05, 0) is 56.5 Å². The predicted octanol–water partition coefficient (Wildman–Crippen LogP) is 3.64. The molecule has 0 saturated carbocycles. The number of hydrogen-bond donors (Lipinski definition) is 0. The zero-order chi connectivity index (χ0) is 25.1. The molecule has 0 N–H and O–H groups in total. The number of ether oxygens (including phenoxy) is 2. The van der Waals surface area contributed by atoms with Crippen LogP contribution in [0.5, 0.6) is 5.75 Å². The minimum Gasteiger partial charge on any atom is -0.497 e. The molecule has 0 aromatic heterocycles. The Balaban J connectivity index is 1.46. The smallest absolute Gasteiger partial charge is 0.235 e. The summed E-state index contributed by atoms with van der Waals surface area (Å²) in [7, 11) is 1.56. The number of nitrogens with zero attached hydrogens (tertiary/aromatic N) is 2.